The van der Waals surface area contributed by atoms with E-state index >= 15 is 0 Å². The Balaban J connectivity index is 1.57. The largest absolute Gasteiger partial charge is 0.393 e. The summed E-state index contributed by atoms with van der Waals surface area (Å²) in [4.78, 5) is 15.4. The van der Waals surface area contributed by atoms with Crippen LogP contribution in [0, 0.1) is 18.6 Å². The number of aromatic nitrogens is 2. The van der Waals surface area contributed by atoms with Crippen molar-refractivity contribution in [2.24, 2.45) is 0 Å². The van der Waals surface area contributed by atoms with Gasteiger partial charge in [0.2, 0.25) is 0 Å². The number of anilines is 1. The van der Waals surface area contributed by atoms with Crippen molar-refractivity contribution >= 4 is 11.8 Å². The lowest BCUT2D eigenvalue weighted by Gasteiger charge is -2.21. The number of aliphatic hydroxyl groups excluding tert-OH is 1. The minimum Gasteiger partial charge on any atom is -0.393 e. The highest BCUT2D eigenvalue weighted by atomic mass is 19.2. The number of amides is 2. The van der Waals surface area contributed by atoms with Gasteiger partial charge in [0.1, 0.15) is 5.82 Å². The minimum atomic E-state index is -0.913. The van der Waals surface area contributed by atoms with Crippen LogP contribution in [0.3, 0.4) is 0 Å². The van der Waals surface area contributed by atoms with Crippen molar-refractivity contribution < 1.29 is 23.4 Å². The highest BCUT2D eigenvalue weighted by Gasteiger charge is 2.35. The molecule has 8 nitrogen and oxygen atoms in total. The molecule has 0 bridgehead atoms. The molecule has 0 radical (unpaired) electrons. The van der Waals surface area contributed by atoms with E-state index in [1.54, 1.807) is 24.8 Å². The molecule has 3 N–H and O–H groups in total. The Kier molecular flexibility index (Phi) is 8.52. The van der Waals surface area contributed by atoms with Crippen LogP contribution >= 0.6 is 0 Å². The van der Waals surface area contributed by atoms with E-state index in [2.05, 4.69) is 20.6 Å². The van der Waals surface area contributed by atoms with E-state index in [0.29, 0.717) is 49.7 Å². The number of carbonyl (C=O) groups excluding carboxylic acids is 1. The lowest BCUT2D eigenvalue weighted by molar-refractivity contribution is 0.159. The maximum Gasteiger partial charge on any atom is 0.320 e. The van der Waals surface area contributed by atoms with Gasteiger partial charge in [-0.15, -0.1) is 0 Å². The van der Waals surface area contributed by atoms with Crippen LogP contribution in [0.4, 0.5) is 19.4 Å². The van der Waals surface area contributed by atoms with E-state index in [9.17, 15) is 18.7 Å². The van der Waals surface area contributed by atoms with Crippen molar-refractivity contribution in [3.8, 4) is 5.69 Å². The van der Waals surface area contributed by atoms with E-state index in [1.807, 2.05) is 37.3 Å². The molecule has 37 heavy (non-hydrogen) atoms. The topological polar surface area (TPSA) is 91.7 Å². The molecule has 1 saturated heterocycles. The molecule has 1 aliphatic heterocycles. The Morgan fingerprint density at radius 3 is 2.62 bits per heavy atom. The quantitative estimate of drug-likeness (QED) is 0.407. The first-order valence-corrected chi connectivity index (χ1v) is 12.3. The fourth-order valence-electron chi connectivity index (χ4n) is 4.74. The zero-order chi connectivity index (χ0) is 26.5. The molecule has 1 fully saturated rings. The molecule has 4 rings (SSSR count). The van der Waals surface area contributed by atoms with Crippen molar-refractivity contribution in [3.63, 3.8) is 0 Å². The maximum absolute atomic E-state index is 14.0. The molecule has 0 spiro atoms. The van der Waals surface area contributed by atoms with Crippen LogP contribution < -0.4 is 10.6 Å². The molecule has 1 aliphatic rings. The van der Waals surface area contributed by atoms with E-state index < -0.39 is 23.8 Å². The number of benzene rings is 2. The highest BCUT2D eigenvalue weighted by Crippen LogP contribution is 2.29. The first kappa shape index (κ1) is 26.7. The number of nitrogens with one attached hydrogen (secondary N) is 2. The van der Waals surface area contributed by atoms with Crippen LogP contribution in [0.25, 0.3) is 5.69 Å². The van der Waals surface area contributed by atoms with Gasteiger partial charge in [-0.25, -0.2) is 18.3 Å². The number of hydrogen-bond acceptors (Lipinski definition) is 5. The summed E-state index contributed by atoms with van der Waals surface area (Å²) in [7, 11) is 1.62. The lowest BCUT2D eigenvalue weighted by Crippen LogP contribution is -2.42. The fraction of sp³-hybridized carbons (Fsp3) is 0.407. The fourth-order valence-corrected chi connectivity index (χ4v) is 4.74. The zero-order valence-electron chi connectivity index (χ0n) is 21.2. The number of hydrogen-bond donors (Lipinski definition) is 3. The Hall–Kier alpha value is -3.34. The van der Waals surface area contributed by atoms with Crippen LogP contribution in [0.2, 0.25) is 0 Å². The number of methoxy groups -OCH3 is 1. The average Bonchev–Trinajstić information content (AvgIpc) is 3.40. The summed E-state index contributed by atoms with van der Waals surface area (Å²) in [6.07, 6.45) is -0.245. The first-order chi connectivity index (χ1) is 17.8. The summed E-state index contributed by atoms with van der Waals surface area (Å²) in [5.74, 6) is -1.55. The number of para-hydroxylation sites is 1. The number of ether oxygens (including phenoxy) is 1. The smallest absolute Gasteiger partial charge is 0.320 e. The van der Waals surface area contributed by atoms with Crippen molar-refractivity contribution in [2.75, 3.05) is 38.7 Å². The number of carbonyl (C=O) groups is 1. The van der Waals surface area contributed by atoms with Crippen molar-refractivity contribution in [1.29, 1.82) is 0 Å². The highest BCUT2D eigenvalue weighted by molar-refractivity contribution is 5.90. The first-order valence-electron chi connectivity index (χ1n) is 12.3. The van der Waals surface area contributed by atoms with E-state index in [4.69, 9.17) is 4.74 Å². The molecule has 2 heterocycles. The average molecular weight is 514 g/mol. The molecule has 2 aromatic carbocycles. The molecule has 3 aromatic rings. The third-order valence-corrected chi connectivity index (χ3v) is 6.64. The number of halogens is 2. The van der Waals surface area contributed by atoms with Gasteiger partial charge in [0, 0.05) is 44.6 Å². The number of urea groups is 1. The summed E-state index contributed by atoms with van der Waals surface area (Å²) >= 11 is 0. The summed E-state index contributed by atoms with van der Waals surface area (Å²) < 4.78 is 34.4. The van der Waals surface area contributed by atoms with Crippen LogP contribution in [0.15, 0.2) is 48.5 Å². The minimum absolute atomic E-state index is 0.233. The number of rotatable bonds is 9. The normalized spacial score (nSPS) is 18.6. The molecule has 198 valence electrons. The van der Waals surface area contributed by atoms with Crippen LogP contribution in [-0.4, -0.2) is 71.3 Å². The number of nitrogens with zero attached hydrogens (tertiary/aromatic N) is 3. The molecular formula is C27H33F2N5O3. The standard InChI is InChI=1S/C27H33F2N5O3/c1-17(35)13-24-18(2)26(34(32-24)20-7-5-4-6-8-20)31-27(36)30-25-16-33(11-12-37-3)15-21(25)19-9-10-22(28)23(29)14-19/h4-10,14,17,21,25,35H,11-13,15-16H2,1-3H3,(H2,30,31,36). The van der Waals surface area contributed by atoms with Gasteiger partial charge in [-0.1, -0.05) is 24.3 Å². The maximum atomic E-state index is 14.0. The summed E-state index contributed by atoms with van der Waals surface area (Å²) in [6, 6.07) is 12.5. The molecule has 0 saturated carbocycles. The van der Waals surface area contributed by atoms with Gasteiger partial charge in [-0.2, -0.15) is 5.10 Å². The SMILES string of the molecule is COCCN1CC(NC(=O)Nc2c(C)c(CC(C)O)nn2-c2ccccc2)C(c2ccc(F)c(F)c2)C1. The second-order valence-corrected chi connectivity index (χ2v) is 9.46. The summed E-state index contributed by atoms with van der Waals surface area (Å²) in [5, 5.41) is 20.5. The van der Waals surface area contributed by atoms with Gasteiger partial charge in [0.05, 0.1) is 30.1 Å². The predicted octanol–water partition coefficient (Wildman–Crippen LogP) is 3.62. The molecule has 1 aromatic heterocycles. The molecule has 3 unspecified atom stereocenters. The number of aliphatic hydroxyl groups is 1. The van der Waals surface area contributed by atoms with Crippen molar-refractivity contribution in [3.05, 3.63) is 77.0 Å². The van der Waals surface area contributed by atoms with E-state index in [1.165, 1.54) is 6.07 Å². The van der Waals surface area contributed by atoms with Crippen molar-refractivity contribution in [2.45, 2.75) is 38.3 Å². The molecule has 0 aliphatic carbocycles. The van der Waals surface area contributed by atoms with Gasteiger partial charge >= 0.3 is 6.03 Å². The Morgan fingerprint density at radius 2 is 1.95 bits per heavy atom. The molecule has 10 heteroatoms. The third-order valence-electron chi connectivity index (χ3n) is 6.64. The Bertz CT molecular complexity index is 1220. The van der Waals surface area contributed by atoms with Crippen LogP contribution in [-0.2, 0) is 11.2 Å². The second-order valence-electron chi connectivity index (χ2n) is 9.46. The Morgan fingerprint density at radius 1 is 1.19 bits per heavy atom. The van der Waals surface area contributed by atoms with Gasteiger partial charge < -0.3 is 15.2 Å². The van der Waals surface area contributed by atoms with E-state index in [-0.39, 0.29) is 12.0 Å². The van der Waals surface area contributed by atoms with Gasteiger partial charge in [0.25, 0.3) is 0 Å². The Labute approximate surface area is 215 Å². The van der Waals surface area contributed by atoms with Crippen molar-refractivity contribution in [1.82, 2.24) is 20.0 Å². The second kappa shape index (κ2) is 11.8. The summed E-state index contributed by atoms with van der Waals surface area (Å²) in [5.41, 5.74) is 2.82. The summed E-state index contributed by atoms with van der Waals surface area (Å²) in [6.45, 7) is 5.81. The monoisotopic (exact) mass is 513 g/mol. The lowest BCUT2D eigenvalue weighted by atomic mass is 9.94. The third kappa shape index (κ3) is 6.33. The molecule has 2 amide bonds. The zero-order valence-corrected chi connectivity index (χ0v) is 21.2. The molecule has 3 atom stereocenters. The predicted molar refractivity (Wildman–Crippen MR) is 137 cm³/mol. The number of likely N-dealkylation sites (tertiary alicyclic amines) is 1. The van der Waals surface area contributed by atoms with Gasteiger partial charge in [-0.3, -0.25) is 10.2 Å². The van der Waals surface area contributed by atoms with Gasteiger partial charge in [-0.05, 0) is 43.7 Å². The molecular weight excluding hydrogens is 480 g/mol. The van der Waals surface area contributed by atoms with Crippen LogP contribution in [0.5, 0.6) is 0 Å². The van der Waals surface area contributed by atoms with Crippen LogP contribution in [0.1, 0.15) is 29.7 Å². The van der Waals surface area contributed by atoms with Gasteiger partial charge in [0.15, 0.2) is 11.6 Å². The van der Waals surface area contributed by atoms with E-state index in [0.717, 1.165) is 17.3 Å².